The number of carbonyl (C=O) groups excluding carboxylic acids is 1. The molecule has 0 aliphatic carbocycles. The van der Waals surface area contributed by atoms with Crippen molar-refractivity contribution in [1.29, 1.82) is 0 Å². The highest BCUT2D eigenvalue weighted by Crippen LogP contribution is 2.16. The number of ether oxygens (including phenoxy) is 2. The Balaban J connectivity index is 2.26. The molecule has 0 aliphatic heterocycles. The zero-order valence-corrected chi connectivity index (χ0v) is 16.3. The minimum Gasteiger partial charge on any atom is -0.438 e. The largest absolute Gasteiger partial charge is 0.508 e. The molecule has 4 heteroatoms. The highest BCUT2D eigenvalue weighted by atomic mass is 16.7. The third kappa shape index (κ3) is 7.26. The van der Waals surface area contributed by atoms with Gasteiger partial charge in [0.2, 0.25) is 0 Å². The van der Waals surface area contributed by atoms with Crippen molar-refractivity contribution in [3.05, 3.63) is 71.8 Å². The van der Waals surface area contributed by atoms with Crippen LogP contribution in [-0.2, 0) is 9.47 Å². The van der Waals surface area contributed by atoms with E-state index in [4.69, 9.17) is 9.73 Å². The van der Waals surface area contributed by atoms with E-state index in [1.165, 1.54) is 20.0 Å². The van der Waals surface area contributed by atoms with Crippen LogP contribution < -0.4 is 0 Å². The monoisotopic (exact) mass is 367 g/mol. The van der Waals surface area contributed by atoms with Gasteiger partial charge in [-0.05, 0) is 6.42 Å². The third-order valence-corrected chi connectivity index (χ3v) is 4.36. The first kappa shape index (κ1) is 20.7. The molecule has 0 spiro atoms. The van der Waals surface area contributed by atoms with Gasteiger partial charge in [-0.1, -0.05) is 93.3 Å². The van der Waals surface area contributed by atoms with Crippen molar-refractivity contribution in [2.75, 3.05) is 13.7 Å². The quantitative estimate of drug-likeness (QED) is 0.310. The molecule has 0 fully saturated rings. The van der Waals surface area contributed by atoms with E-state index in [2.05, 4.69) is 35.9 Å². The Kier molecular flexibility index (Phi) is 9.11. The van der Waals surface area contributed by atoms with E-state index >= 15 is 0 Å². The predicted molar refractivity (Wildman–Crippen MR) is 109 cm³/mol. The summed E-state index contributed by atoms with van der Waals surface area (Å²) in [6.07, 6.45) is 4.82. The van der Waals surface area contributed by atoms with E-state index in [-0.39, 0.29) is 12.6 Å². The minimum absolute atomic E-state index is 0.101. The lowest BCUT2D eigenvalue weighted by atomic mass is 10.0. The fourth-order valence-electron chi connectivity index (χ4n) is 2.91. The maximum absolute atomic E-state index is 11.4. The number of rotatable bonds is 10. The summed E-state index contributed by atoms with van der Waals surface area (Å²) in [5, 5.41) is 0. The highest BCUT2D eigenvalue weighted by Gasteiger charge is 2.14. The van der Waals surface area contributed by atoms with Gasteiger partial charge in [0.15, 0.2) is 0 Å². The van der Waals surface area contributed by atoms with Gasteiger partial charge in [-0.3, -0.25) is 4.99 Å². The lowest BCUT2D eigenvalue weighted by Gasteiger charge is -2.16. The molecule has 1 unspecified atom stereocenters. The molecule has 0 bridgehead atoms. The second-order valence-corrected chi connectivity index (χ2v) is 6.48. The second-order valence-electron chi connectivity index (χ2n) is 6.48. The SMILES string of the molecule is CCCCCCC(COC(=O)OC)N=C(c1ccccc1)c1ccccc1. The van der Waals surface area contributed by atoms with Crippen LogP contribution in [0.3, 0.4) is 0 Å². The fourth-order valence-corrected chi connectivity index (χ4v) is 2.91. The zero-order chi connectivity index (χ0) is 19.3. The molecule has 0 heterocycles. The molecule has 0 aliphatic rings. The van der Waals surface area contributed by atoms with Crippen molar-refractivity contribution in [3.63, 3.8) is 0 Å². The molecule has 144 valence electrons. The smallest absolute Gasteiger partial charge is 0.438 e. The number of hydrogen-bond acceptors (Lipinski definition) is 4. The van der Waals surface area contributed by atoms with Crippen LogP contribution in [0.25, 0.3) is 0 Å². The van der Waals surface area contributed by atoms with Crippen LogP contribution >= 0.6 is 0 Å². The van der Waals surface area contributed by atoms with Gasteiger partial charge in [-0.15, -0.1) is 0 Å². The van der Waals surface area contributed by atoms with Crippen molar-refractivity contribution in [2.45, 2.75) is 45.1 Å². The van der Waals surface area contributed by atoms with Crippen LogP contribution in [0.5, 0.6) is 0 Å². The van der Waals surface area contributed by atoms with Crippen molar-refractivity contribution in [3.8, 4) is 0 Å². The van der Waals surface area contributed by atoms with Crippen LogP contribution in [0.4, 0.5) is 4.79 Å². The minimum atomic E-state index is -0.662. The van der Waals surface area contributed by atoms with E-state index in [1.54, 1.807) is 0 Å². The summed E-state index contributed by atoms with van der Waals surface area (Å²) in [5.74, 6) is 0. The maximum Gasteiger partial charge on any atom is 0.508 e. The molecule has 0 saturated heterocycles. The number of carbonyl (C=O) groups is 1. The molecule has 27 heavy (non-hydrogen) atoms. The Morgan fingerprint density at radius 2 is 1.52 bits per heavy atom. The number of nitrogens with zero attached hydrogens (tertiary/aromatic N) is 1. The van der Waals surface area contributed by atoms with Crippen LogP contribution in [0.2, 0.25) is 0 Å². The molecule has 1 atom stereocenters. The number of methoxy groups -OCH3 is 1. The molecule has 0 amide bonds. The van der Waals surface area contributed by atoms with Gasteiger partial charge in [-0.2, -0.15) is 0 Å². The average molecular weight is 367 g/mol. The Morgan fingerprint density at radius 1 is 0.926 bits per heavy atom. The van der Waals surface area contributed by atoms with E-state index in [0.717, 1.165) is 36.1 Å². The third-order valence-electron chi connectivity index (χ3n) is 4.36. The molecule has 2 aromatic carbocycles. The van der Waals surface area contributed by atoms with Gasteiger partial charge in [0.25, 0.3) is 0 Å². The fraction of sp³-hybridized carbons (Fsp3) is 0.391. The maximum atomic E-state index is 11.4. The molecular formula is C23H29NO3. The predicted octanol–water partition coefficient (Wildman–Crippen LogP) is 5.65. The zero-order valence-electron chi connectivity index (χ0n) is 16.3. The summed E-state index contributed by atoms with van der Waals surface area (Å²) in [6, 6.07) is 20.2. The van der Waals surface area contributed by atoms with Gasteiger partial charge in [0, 0.05) is 11.1 Å². The average Bonchev–Trinajstić information content (AvgIpc) is 2.73. The van der Waals surface area contributed by atoms with E-state index < -0.39 is 6.16 Å². The van der Waals surface area contributed by atoms with Crippen molar-refractivity contribution < 1.29 is 14.3 Å². The van der Waals surface area contributed by atoms with Crippen molar-refractivity contribution in [1.82, 2.24) is 0 Å². The summed E-state index contributed by atoms with van der Waals surface area (Å²) >= 11 is 0. The molecular weight excluding hydrogens is 338 g/mol. The van der Waals surface area contributed by atoms with Crippen LogP contribution in [0, 0.1) is 0 Å². The van der Waals surface area contributed by atoms with Crippen molar-refractivity contribution in [2.24, 2.45) is 4.99 Å². The molecule has 0 N–H and O–H groups in total. The van der Waals surface area contributed by atoms with E-state index in [1.807, 2.05) is 36.4 Å². The van der Waals surface area contributed by atoms with Gasteiger partial charge < -0.3 is 9.47 Å². The standard InChI is InChI=1S/C23H29NO3/c1-3-4-5-12-17-21(18-27-23(25)26-2)24-22(19-13-8-6-9-14-19)20-15-10-7-11-16-20/h6-11,13-16,21H,3-5,12,17-18H2,1-2H3. The first-order chi connectivity index (χ1) is 13.2. The number of aliphatic imine (C=N–C) groups is 1. The summed E-state index contributed by atoms with van der Waals surface area (Å²) in [7, 11) is 1.32. The number of benzene rings is 2. The van der Waals surface area contributed by atoms with Crippen molar-refractivity contribution >= 4 is 11.9 Å². The molecule has 0 radical (unpaired) electrons. The summed E-state index contributed by atoms with van der Waals surface area (Å²) in [6.45, 7) is 2.42. The first-order valence-corrected chi connectivity index (χ1v) is 9.64. The van der Waals surface area contributed by atoms with Gasteiger partial charge >= 0.3 is 6.16 Å². The summed E-state index contributed by atoms with van der Waals surface area (Å²) in [4.78, 5) is 16.4. The Labute approximate surface area is 162 Å². The van der Waals surface area contributed by atoms with E-state index in [0.29, 0.717) is 0 Å². The first-order valence-electron chi connectivity index (χ1n) is 9.64. The van der Waals surface area contributed by atoms with Gasteiger partial charge in [0.1, 0.15) is 6.61 Å². The molecule has 2 aromatic rings. The lowest BCUT2D eigenvalue weighted by Crippen LogP contribution is -2.20. The summed E-state index contributed by atoms with van der Waals surface area (Å²) < 4.78 is 9.82. The molecule has 0 saturated carbocycles. The van der Waals surface area contributed by atoms with Gasteiger partial charge in [-0.25, -0.2) is 4.79 Å². The highest BCUT2D eigenvalue weighted by molar-refractivity contribution is 6.12. The van der Waals surface area contributed by atoms with E-state index in [9.17, 15) is 4.79 Å². The van der Waals surface area contributed by atoms with Gasteiger partial charge in [0.05, 0.1) is 18.9 Å². The Bertz CT molecular complexity index is 657. The summed E-state index contributed by atoms with van der Waals surface area (Å²) in [5.41, 5.74) is 3.03. The van der Waals surface area contributed by atoms with Crippen LogP contribution in [0.1, 0.15) is 50.2 Å². The lowest BCUT2D eigenvalue weighted by molar-refractivity contribution is 0.0674. The Morgan fingerprint density at radius 3 is 2.04 bits per heavy atom. The van der Waals surface area contributed by atoms with Crippen LogP contribution in [-0.4, -0.2) is 31.6 Å². The molecule has 0 aromatic heterocycles. The second kappa shape index (κ2) is 11.9. The molecule has 4 nitrogen and oxygen atoms in total. The Hall–Kier alpha value is -2.62. The topological polar surface area (TPSA) is 47.9 Å². The normalized spacial score (nSPS) is 11.5. The number of hydrogen-bond donors (Lipinski definition) is 0. The number of unbranched alkanes of at least 4 members (excludes halogenated alkanes) is 3. The molecule has 2 rings (SSSR count). The van der Waals surface area contributed by atoms with Crippen LogP contribution in [0.15, 0.2) is 65.7 Å².